The summed E-state index contributed by atoms with van der Waals surface area (Å²) in [4.78, 5) is 0. The molecule has 19 heavy (non-hydrogen) atoms. The van der Waals surface area contributed by atoms with Crippen LogP contribution in [-0.4, -0.2) is 8.42 Å². The number of halogens is 3. The molecule has 3 nitrogen and oxygen atoms in total. The Morgan fingerprint density at radius 2 is 1.95 bits per heavy atom. The zero-order valence-electron chi connectivity index (χ0n) is 9.58. The van der Waals surface area contributed by atoms with E-state index in [4.69, 9.17) is 23.2 Å². The first kappa shape index (κ1) is 15.1. The molecule has 0 unspecified atom stereocenters. The average Bonchev–Trinajstić information content (AvgIpc) is 2.65. The smallest absolute Gasteiger partial charge is 0.271 e. The number of thiophene rings is 1. The molecule has 0 amide bonds. The lowest BCUT2D eigenvalue weighted by Gasteiger charge is -2.08. The van der Waals surface area contributed by atoms with E-state index < -0.39 is 10.0 Å². The molecule has 0 spiro atoms. The summed E-state index contributed by atoms with van der Waals surface area (Å²) in [5.41, 5.74) is 1.05. The molecule has 2 aromatic rings. The van der Waals surface area contributed by atoms with Crippen molar-refractivity contribution in [2.45, 2.75) is 11.1 Å². The number of hydrogen-bond donors (Lipinski definition) is 1. The van der Waals surface area contributed by atoms with E-state index in [2.05, 4.69) is 20.7 Å². The molecule has 1 aromatic heterocycles. The Bertz CT molecular complexity index is 709. The Balaban J connectivity index is 2.39. The van der Waals surface area contributed by atoms with Crippen LogP contribution in [0, 0.1) is 6.92 Å². The van der Waals surface area contributed by atoms with Crippen molar-refractivity contribution in [1.29, 1.82) is 0 Å². The van der Waals surface area contributed by atoms with E-state index in [0.29, 0.717) is 15.0 Å². The van der Waals surface area contributed by atoms with Gasteiger partial charge in [-0.2, -0.15) is 0 Å². The summed E-state index contributed by atoms with van der Waals surface area (Å²) in [6.45, 7) is 1.75. The lowest BCUT2D eigenvalue weighted by atomic mass is 10.3. The van der Waals surface area contributed by atoms with Crippen LogP contribution in [0.4, 0.5) is 5.69 Å². The molecule has 0 bridgehead atoms. The third kappa shape index (κ3) is 3.44. The minimum atomic E-state index is -3.68. The Kier molecular flexibility index (Phi) is 4.47. The van der Waals surface area contributed by atoms with Gasteiger partial charge in [0, 0.05) is 4.47 Å². The zero-order chi connectivity index (χ0) is 14.2. The van der Waals surface area contributed by atoms with Gasteiger partial charge in [-0.3, -0.25) is 4.72 Å². The maximum absolute atomic E-state index is 12.2. The molecule has 8 heteroatoms. The monoisotopic (exact) mass is 399 g/mol. The van der Waals surface area contributed by atoms with Crippen molar-refractivity contribution in [2.24, 2.45) is 0 Å². The van der Waals surface area contributed by atoms with Gasteiger partial charge in [-0.1, -0.05) is 39.1 Å². The molecule has 1 heterocycles. The van der Waals surface area contributed by atoms with Gasteiger partial charge in [-0.15, -0.1) is 11.3 Å². The Labute approximate surface area is 133 Å². The molecule has 2 rings (SSSR count). The fraction of sp³-hybridized carbons (Fsp3) is 0.0909. The summed E-state index contributed by atoms with van der Waals surface area (Å²) in [5.74, 6) is 0. The first-order valence-corrected chi connectivity index (χ1v) is 8.88. The fourth-order valence-corrected chi connectivity index (χ4v) is 4.70. The average molecular weight is 401 g/mol. The number of sulfonamides is 1. The van der Waals surface area contributed by atoms with Crippen LogP contribution < -0.4 is 4.72 Å². The molecular weight excluding hydrogens is 393 g/mol. The summed E-state index contributed by atoms with van der Waals surface area (Å²) in [6.07, 6.45) is 0. The molecule has 0 radical (unpaired) electrons. The summed E-state index contributed by atoms with van der Waals surface area (Å²) >= 11 is 16.1. The van der Waals surface area contributed by atoms with E-state index in [1.807, 2.05) is 0 Å². The first-order chi connectivity index (χ1) is 8.79. The molecule has 102 valence electrons. The Morgan fingerprint density at radius 3 is 2.53 bits per heavy atom. The highest BCUT2D eigenvalue weighted by molar-refractivity contribution is 9.10. The lowest BCUT2D eigenvalue weighted by molar-refractivity contribution is 0.603. The van der Waals surface area contributed by atoms with Gasteiger partial charge in [0.25, 0.3) is 10.0 Å². The van der Waals surface area contributed by atoms with Crippen molar-refractivity contribution >= 4 is 66.2 Å². The molecule has 0 saturated heterocycles. The molecule has 1 aromatic carbocycles. The molecule has 0 aliphatic heterocycles. The topological polar surface area (TPSA) is 46.2 Å². The molecule has 0 saturated carbocycles. The van der Waals surface area contributed by atoms with Crippen molar-refractivity contribution < 1.29 is 8.42 Å². The van der Waals surface area contributed by atoms with Gasteiger partial charge in [0.2, 0.25) is 0 Å². The van der Waals surface area contributed by atoms with Crippen LogP contribution >= 0.6 is 50.5 Å². The Hall–Kier alpha value is -0.270. The van der Waals surface area contributed by atoms with Crippen molar-refractivity contribution in [2.75, 3.05) is 4.72 Å². The van der Waals surface area contributed by atoms with E-state index in [9.17, 15) is 8.42 Å². The van der Waals surface area contributed by atoms with E-state index >= 15 is 0 Å². The van der Waals surface area contributed by atoms with Gasteiger partial charge in [0.05, 0.1) is 15.0 Å². The summed E-state index contributed by atoms with van der Waals surface area (Å²) in [6, 6.07) is 6.46. The number of rotatable bonds is 3. The predicted octanol–water partition coefficient (Wildman–Crippen LogP) is 4.93. The van der Waals surface area contributed by atoms with Crippen molar-refractivity contribution in [3.8, 4) is 0 Å². The minimum absolute atomic E-state index is 0.158. The Morgan fingerprint density at radius 1 is 1.26 bits per heavy atom. The fourth-order valence-electron chi connectivity index (χ4n) is 1.33. The van der Waals surface area contributed by atoms with Crippen molar-refractivity contribution in [1.82, 2.24) is 0 Å². The molecule has 1 N–H and O–H groups in total. The summed E-state index contributed by atoms with van der Waals surface area (Å²) < 4.78 is 28.2. The summed E-state index contributed by atoms with van der Waals surface area (Å²) in [5, 5.41) is 0.325. The van der Waals surface area contributed by atoms with Gasteiger partial charge in [-0.05, 0) is 36.8 Å². The van der Waals surface area contributed by atoms with Crippen LogP contribution in [0.3, 0.4) is 0 Å². The molecular formula is C11H8BrCl2NO2S2. The van der Waals surface area contributed by atoms with Gasteiger partial charge in [0.1, 0.15) is 4.21 Å². The maximum atomic E-state index is 12.2. The third-order valence-electron chi connectivity index (χ3n) is 2.27. The second-order valence-corrected chi connectivity index (χ2v) is 8.64. The van der Waals surface area contributed by atoms with Gasteiger partial charge >= 0.3 is 0 Å². The largest absolute Gasteiger partial charge is 0.277 e. The normalized spacial score (nSPS) is 11.6. The van der Waals surface area contributed by atoms with E-state index in [0.717, 1.165) is 21.4 Å². The standard InChI is InChI=1S/C11H8BrCl2NO2S2/c1-6-4-10(18-11(6)14)19(16,17)15-9-5-7(12)2-3-8(9)13/h2-5,15H,1H3. The second kappa shape index (κ2) is 5.61. The highest BCUT2D eigenvalue weighted by Crippen LogP contribution is 2.33. The predicted molar refractivity (Wildman–Crippen MR) is 84.0 cm³/mol. The minimum Gasteiger partial charge on any atom is -0.277 e. The van der Waals surface area contributed by atoms with E-state index in [1.165, 1.54) is 6.07 Å². The van der Waals surface area contributed by atoms with Crippen LogP contribution in [-0.2, 0) is 10.0 Å². The van der Waals surface area contributed by atoms with E-state index in [-0.39, 0.29) is 4.21 Å². The van der Waals surface area contributed by atoms with Gasteiger partial charge in [-0.25, -0.2) is 8.42 Å². The quantitative estimate of drug-likeness (QED) is 0.793. The molecule has 0 fully saturated rings. The summed E-state index contributed by atoms with van der Waals surface area (Å²) in [7, 11) is -3.68. The van der Waals surface area contributed by atoms with Crippen molar-refractivity contribution in [3.63, 3.8) is 0 Å². The van der Waals surface area contributed by atoms with E-state index in [1.54, 1.807) is 25.1 Å². The highest BCUT2D eigenvalue weighted by Gasteiger charge is 2.19. The van der Waals surface area contributed by atoms with Crippen LogP contribution in [0.5, 0.6) is 0 Å². The van der Waals surface area contributed by atoms with Crippen LogP contribution in [0.15, 0.2) is 32.9 Å². The molecule has 0 aliphatic carbocycles. The second-order valence-electron chi connectivity index (χ2n) is 3.75. The SMILES string of the molecule is Cc1cc(S(=O)(=O)Nc2cc(Br)ccc2Cl)sc1Cl. The molecule has 0 aliphatic rings. The van der Waals surface area contributed by atoms with Gasteiger partial charge < -0.3 is 0 Å². The zero-order valence-corrected chi connectivity index (χ0v) is 14.3. The van der Waals surface area contributed by atoms with Gasteiger partial charge in [0.15, 0.2) is 0 Å². The van der Waals surface area contributed by atoms with Crippen LogP contribution in [0.25, 0.3) is 0 Å². The third-order valence-corrected chi connectivity index (χ3v) is 6.49. The first-order valence-electron chi connectivity index (χ1n) is 5.03. The number of hydrogen-bond acceptors (Lipinski definition) is 3. The number of anilines is 1. The molecule has 0 atom stereocenters. The van der Waals surface area contributed by atoms with Crippen LogP contribution in [0.2, 0.25) is 9.36 Å². The highest BCUT2D eigenvalue weighted by atomic mass is 79.9. The van der Waals surface area contributed by atoms with Crippen molar-refractivity contribution in [3.05, 3.63) is 43.7 Å². The number of aryl methyl sites for hydroxylation is 1. The maximum Gasteiger partial charge on any atom is 0.271 e. The lowest BCUT2D eigenvalue weighted by Crippen LogP contribution is -2.11. The van der Waals surface area contributed by atoms with Crippen LogP contribution in [0.1, 0.15) is 5.56 Å². The number of benzene rings is 1. The number of nitrogens with one attached hydrogen (secondary N) is 1.